The van der Waals surface area contributed by atoms with Crippen molar-refractivity contribution in [3.8, 4) is 0 Å². The van der Waals surface area contributed by atoms with E-state index in [4.69, 9.17) is 0 Å². The quantitative estimate of drug-likeness (QED) is 0.819. The molecule has 1 aromatic carbocycles. The minimum absolute atomic E-state index is 0.0887. The number of rotatable bonds is 5. The van der Waals surface area contributed by atoms with Crippen LogP contribution >= 0.6 is 0 Å². The van der Waals surface area contributed by atoms with Crippen molar-refractivity contribution in [2.24, 2.45) is 7.05 Å². The number of aromatic nitrogens is 2. The van der Waals surface area contributed by atoms with Crippen LogP contribution in [-0.2, 0) is 13.2 Å². The van der Waals surface area contributed by atoms with E-state index in [-0.39, 0.29) is 17.3 Å². The van der Waals surface area contributed by atoms with E-state index >= 15 is 0 Å². The lowest BCUT2D eigenvalue weighted by atomic mass is 9.68. The molecule has 1 amide bonds. The molecule has 2 heterocycles. The zero-order chi connectivity index (χ0) is 20.6. The molecule has 2 fully saturated rings. The van der Waals surface area contributed by atoms with Gasteiger partial charge in [0.1, 0.15) is 5.69 Å². The van der Waals surface area contributed by atoms with Gasteiger partial charge in [-0.25, -0.2) is 0 Å². The molecule has 1 unspecified atom stereocenters. The number of aryl methyl sites for hydroxylation is 1. The Morgan fingerprint density at radius 1 is 1.14 bits per heavy atom. The van der Waals surface area contributed by atoms with Crippen molar-refractivity contribution in [2.45, 2.75) is 49.9 Å². The number of hydrogen-bond acceptors (Lipinski definition) is 3. The standard InChI is InChI=1S/C21H25F3N4O/c1-27-16(14-17(26-27)21(22,23)24)19(29)25-18(15-8-3-2-4-9-15)20(10-7-11-20)28-12-5-6-13-28/h2-4,8-9,14,18H,5-7,10-13H2,1H3,(H,25,29). The second-order valence-corrected chi connectivity index (χ2v) is 8.00. The Morgan fingerprint density at radius 3 is 2.31 bits per heavy atom. The first-order valence-corrected chi connectivity index (χ1v) is 10.0. The van der Waals surface area contributed by atoms with Gasteiger partial charge in [0.15, 0.2) is 5.69 Å². The van der Waals surface area contributed by atoms with Gasteiger partial charge in [-0.1, -0.05) is 30.3 Å². The van der Waals surface area contributed by atoms with Crippen LogP contribution in [0.4, 0.5) is 13.2 Å². The molecule has 0 spiro atoms. The Kier molecular flexibility index (Phi) is 5.14. The summed E-state index contributed by atoms with van der Waals surface area (Å²) in [7, 11) is 1.36. The minimum atomic E-state index is -4.58. The number of alkyl halides is 3. The summed E-state index contributed by atoms with van der Waals surface area (Å²) in [6, 6.07) is 10.3. The van der Waals surface area contributed by atoms with Gasteiger partial charge < -0.3 is 5.32 Å². The molecule has 1 aliphatic heterocycles. The molecule has 156 valence electrons. The van der Waals surface area contributed by atoms with E-state index in [1.807, 2.05) is 30.3 Å². The maximum Gasteiger partial charge on any atom is 0.435 e. The number of benzene rings is 1. The summed E-state index contributed by atoms with van der Waals surface area (Å²) in [5, 5.41) is 6.54. The van der Waals surface area contributed by atoms with Crippen molar-refractivity contribution in [2.75, 3.05) is 13.1 Å². The molecule has 1 atom stereocenters. The lowest BCUT2D eigenvalue weighted by molar-refractivity contribution is -0.141. The van der Waals surface area contributed by atoms with E-state index < -0.39 is 17.8 Å². The predicted octanol–water partition coefficient (Wildman–Crippen LogP) is 3.93. The van der Waals surface area contributed by atoms with Gasteiger partial charge in [0.25, 0.3) is 5.91 Å². The first-order valence-electron chi connectivity index (χ1n) is 10.0. The van der Waals surface area contributed by atoms with Gasteiger partial charge in [-0.3, -0.25) is 14.4 Å². The smallest absolute Gasteiger partial charge is 0.342 e. The second-order valence-electron chi connectivity index (χ2n) is 8.00. The van der Waals surface area contributed by atoms with Crippen LogP contribution in [0.15, 0.2) is 36.4 Å². The van der Waals surface area contributed by atoms with Gasteiger partial charge in [0.05, 0.1) is 6.04 Å². The van der Waals surface area contributed by atoms with E-state index in [0.717, 1.165) is 61.5 Å². The van der Waals surface area contributed by atoms with Crippen LogP contribution in [0, 0.1) is 0 Å². The maximum atomic E-state index is 13.0. The molecule has 1 N–H and O–H groups in total. The van der Waals surface area contributed by atoms with E-state index in [1.54, 1.807) is 0 Å². The number of halogens is 3. The van der Waals surface area contributed by atoms with E-state index in [2.05, 4.69) is 15.3 Å². The third kappa shape index (κ3) is 3.66. The molecule has 4 rings (SSSR count). The molecule has 1 saturated carbocycles. The SMILES string of the molecule is Cn1nc(C(F)(F)F)cc1C(=O)NC(c1ccccc1)C1(N2CCCC2)CCC1. The van der Waals surface area contributed by atoms with E-state index in [1.165, 1.54) is 7.05 Å². The fourth-order valence-electron chi connectivity index (χ4n) is 4.69. The number of carbonyl (C=O) groups excluding carboxylic acids is 1. The third-order valence-corrected chi connectivity index (χ3v) is 6.30. The van der Waals surface area contributed by atoms with Crippen LogP contribution in [0.1, 0.15) is 59.9 Å². The minimum Gasteiger partial charge on any atom is -0.342 e. The molecule has 0 bridgehead atoms. The highest BCUT2D eigenvalue weighted by molar-refractivity contribution is 5.93. The highest BCUT2D eigenvalue weighted by Gasteiger charge is 2.50. The Hall–Kier alpha value is -2.35. The van der Waals surface area contributed by atoms with Crippen molar-refractivity contribution in [3.63, 3.8) is 0 Å². The second kappa shape index (κ2) is 7.48. The van der Waals surface area contributed by atoms with Crippen LogP contribution in [0.2, 0.25) is 0 Å². The lowest BCUT2D eigenvalue weighted by Crippen LogP contribution is -2.60. The number of hydrogen-bond donors (Lipinski definition) is 1. The molecule has 1 aromatic heterocycles. The van der Waals surface area contributed by atoms with Gasteiger partial charge in [-0.15, -0.1) is 0 Å². The summed E-state index contributed by atoms with van der Waals surface area (Å²) >= 11 is 0. The lowest BCUT2D eigenvalue weighted by Gasteiger charge is -2.54. The summed E-state index contributed by atoms with van der Waals surface area (Å²) in [4.78, 5) is 15.5. The zero-order valence-corrected chi connectivity index (χ0v) is 16.4. The molecule has 5 nitrogen and oxygen atoms in total. The Morgan fingerprint density at radius 2 is 1.79 bits per heavy atom. The molecule has 29 heavy (non-hydrogen) atoms. The first-order chi connectivity index (χ1) is 13.8. The summed E-state index contributed by atoms with van der Waals surface area (Å²) in [5.41, 5.74) is -0.349. The highest BCUT2D eigenvalue weighted by Crippen LogP contribution is 2.48. The number of amides is 1. The van der Waals surface area contributed by atoms with Gasteiger partial charge >= 0.3 is 6.18 Å². The van der Waals surface area contributed by atoms with Gasteiger partial charge in [0.2, 0.25) is 0 Å². The number of likely N-dealkylation sites (tertiary alicyclic amines) is 1. The van der Waals surface area contributed by atoms with Crippen molar-refractivity contribution in [1.82, 2.24) is 20.0 Å². The Balaban J connectivity index is 1.66. The molecule has 1 saturated heterocycles. The predicted molar refractivity (Wildman–Crippen MR) is 102 cm³/mol. The maximum absolute atomic E-state index is 13.0. The Bertz CT molecular complexity index is 868. The normalized spacial score (nSPS) is 20.3. The van der Waals surface area contributed by atoms with Crippen LogP contribution in [0.25, 0.3) is 0 Å². The van der Waals surface area contributed by atoms with Crippen molar-refractivity contribution in [1.29, 1.82) is 0 Å². The molecule has 2 aliphatic rings. The largest absolute Gasteiger partial charge is 0.435 e. The Labute approximate surface area is 167 Å². The van der Waals surface area contributed by atoms with Crippen molar-refractivity contribution < 1.29 is 18.0 Å². The summed E-state index contributed by atoms with van der Waals surface area (Å²) in [6.07, 6.45) is 0.694. The molecule has 2 aromatic rings. The van der Waals surface area contributed by atoms with Gasteiger partial charge in [-0.05, 0) is 50.8 Å². The van der Waals surface area contributed by atoms with Crippen LogP contribution < -0.4 is 5.32 Å². The van der Waals surface area contributed by atoms with Crippen LogP contribution in [0.3, 0.4) is 0 Å². The average molecular weight is 406 g/mol. The summed E-state index contributed by atoms with van der Waals surface area (Å²) in [6.45, 7) is 1.98. The van der Waals surface area contributed by atoms with Crippen molar-refractivity contribution in [3.05, 3.63) is 53.3 Å². The fraction of sp³-hybridized carbons (Fsp3) is 0.524. The fourth-order valence-corrected chi connectivity index (χ4v) is 4.69. The third-order valence-electron chi connectivity index (χ3n) is 6.30. The molecule has 1 aliphatic carbocycles. The first kappa shape index (κ1) is 19.9. The van der Waals surface area contributed by atoms with Crippen LogP contribution in [0.5, 0.6) is 0 Å². The van der Waals surface area contributed by atoms with Crippen LogP contribution in [-0.4, -0.2) is 39.2 Å². The van der Waals surface area contributed by atoms with Crippen molar-refractivity contribution >= 4 is 5.91 Å². The number of carbonyl (C=O) groups is 1. The zero-order valence-electron chi connectivity index (χ0n) is 16.4. The molecular weight excluding hydrogens is 381 g/mol. The summed E-state index contributed by atoms with van der Waals surface area (Å²) < 4.78 is 40.0. The number of nitrogens with zero attached hydrogens (tertiary/aromatic N) is 3. The monoisotopic (exact) mass is 406 g/mol. The molecular formula is C21H25F3N4O. The van der Waals surface area contributed by atoms with Gasteiger partial charge in [-0.2, -0.15) is 18.3 Å². The topological polar surface area (TPSA) is 50.2 Å². The summed E-state index contributed by atoms with van der Waals surface area (Å²) in [5.74, 6) is -0.533. The number of nitrogens with one attached hydrogen (secondary N) is 1. The van der Waals surface area contributed by atoms with E-state index in [0.29, 0.717) is 0 Å². The van der Waals surface area contributed by atoms with E-state index in [9.17, 15) is 18.0 Å². The molecule has 0 radical (unpaired) electrons. The average Bonchev–Trinajstić information content (AvgIpc) is 3.30. The highest BCUT2D eigenvalue weighted by atomic mass is 19.4. The molecule has 8 heteroatoms. The van der Waals surface area contributed by atoms with Gasteiger partial charge in [0, 0.05) is 18.7 Å².